The van der Waals surface area contributed by atoms with Crippen LogP contribution in [-0.2, 0) is 31.3 Å². The molecule has 0 bridgehead atoms. The van der Waals surface area contributed by atoms with Crippen LogP contribution in [0.25, 0.3) is 0 Å². The predicted octanol–water partition coefficient (Wildman–Crippen LogP) is -0.810. The fourth-order valence-corrected chi connectivity index (χ4v) is 2.54. The average Bonchev–Trinajstić information content (AvgIpc) is 2.71. The number of carbonyl (C=O) groups excluding carboxylic acids is 2. The Morgan fingerprint density at radius 1 is 1.15 bits per heavy atom. The Bertz CT molecular complexity index is 577. The Morgan fingerprint density at radius 3 is 2.35 bits per heavy atom. The first-order valence-corrected chi connectivity index (χ1v) is 6.14. The van der Waals surface area contributed by atoms with Gasteiger partial charge in [0.05, 0.1) is 0 Å². The van der Waals surface area contributed by atoms with Crippen LogP contribution < -0.4 is 5.73 Å². The third-order valence-electron chi connectivity index (χ3n) is 3.58. The van der Waals surface area contributed by atoms with Crippen molar-refractivity contribution in [1.29, 1.82) is 0 Å². The molecule has 1 aliphatic heterocycles. The minimum atomic E-state index is -1.95. The molecule has 1 saturated heterocycles. The average molecular weight is 279 g/mol. The molecule has 20 heavy (non-hydrogen) atoms. The molecule has 2 atom stereocenters. The van der Waals surface area contributed by atoms with Crippen LogP contribution in [0, 0.1) is 0 Å². The lowest BCUT2D eigenvalue weighted by atomic mass is 10.1. The van der Waals surface area contributed by atoms with E-state index in [0.29, 0.717) is 17.7 Å². The van der Waals surface area contributed by atoms with Crippen molar-refractivity contribution in [3.8, 4) is 0 Å². The third-order valence-corrected chi connectivity index (χ3v) is 3.58. The zero-order chi connectivity index (χ0) is 14.5. The number of ether oxygens (including phenoxy) is 2. The lowest BCUT2D eigenvalue weighted by molar-refractivity contribution is -0.229. The highest BCUT2D eigenvalue weighted by Gasteiger charge is 2.52. The molecule has 1 aromatic carbocycles. The summed E-state index contributed by atoms with van der Waals surface area (Å²) >= 11 is 0. The number of hydrogen-bond donors (Lipinski definition) is 3. The summed E-state index contributed by atoms with van der Waals surface area (Å²) < 4.78 is 10.3. The monoisotopic (exact) mass is 279 g/mol. The summed E-state index contributed by atoms with van der Waals surface area (Å²) in [5.74, 6) is -3.81. The second kappa shape index (κ2) is 4.19. The van der Waals surface area contributed by atoms with Gasteiger partial charge in [0.1, 0.15) is 0 Å². The number of carbonyl (C=O) groups is 2. The first-order valence-electron chi connectivity index (χ1n) is 6.14. The lowest BCUT2D eigenvalue weighted by Crippen LogP contribution is -2.38. The number of anilines is 1. The fraction of sp³-hybridized carbons (Fsp3) is 0.385. The van der Waals surface area contributed by atoms with Gasteiger partial charge in [-0.25, -0.2) is 9.59 Å². The number of aliphatic hydroxyl groups excluding tert-OH is 2. The molecule has 1 aromatic rings. The Labute approximate surface area is 113 Å². The van der Waals surface area contributed by atoms with Crippen molar-refractivity contribution in [2.45, 2.75) is 30.8 Å². The summed E-state index contributed by atoms with van der Waals surface area (Å²) in [6.07, 6.45) is -3.15. The molecule has 0 radical (unpaired) electrons. The van der Waals surface area contributed by atoms with E-state index in [1.54, 1.807) is 18.2 Å². The van der Waals surface area contributed by atoms with Gasteiger partial charge in [0, 0.05) is 17.7 Å². The molecular weight excluding hydrogens is 266 g/mol. The van der Waals surface area contributed by atoms with E-state index in [1.165, 1.54) is 0 Å². The van der Waals surface area contributed by atoms with Crippen LogP contribution in [0.3, 0.4) is 0 Å². The number of hydrogen-bond acceptors (Lipinski definition) is 7. The summed E-state index contributed by atoms with van der Waals surface area (Å²) in [5.41, 5.74) is 7.45. The molecule has 3 rings (SSSR count). The number of benzene rings is 1. The normalized spacial score (nSPS) is 32.5. The van der Waals surface area contributed by atoms with Crippen LogP contribution in [0.1, 0.15) is 17.5 Å². The quantitative estimate of drug-likeness (QED) is 0.419. The molecule has 0 saturated carbocycles. The van der Waals surface area contributed by atoms with Gasteiger partial charge in [0.25, 0.3) is 5.79 Å². The maximum absolute atomic E-state index is 11.7. The number of esters is 2. The van der Waals surface area contributed by atoms with Crippen LogP contribution in [0.2, 0.25) is 0 Å². The van der Waals surface area contributed by atoms with Gasteiger partial charge in [-0.3, -0.25) is 0 Å². The number of aliphatic hydroxyl groups is 2. The molecule has 106 valence electrons. The summed E-state index contributed by atoms with van der Waals surface area (Å²) in [7, 11) is 0. The highest BCUT2D eigenvalue weighted by molar-refractivity contribution is 5.87. The molecule has 1 fully saturated rings. The standard InChI is InChI=1S/C13H13NO6/c14-7-2-1-6-3-4-13(8(6)5-7)19-11(17)9(15)10(16)12(18)20-13/h1-2,5,9-10,15-16H,3-4,14H2. The summed E-state index contributed by atoms with van der Waals surface area (Å²) in [6, 6.07) is 5.02. The molecule has 7 heteroatoms. The van der Waals surface area contributed by atoms with Crippen LogP contribution in [-0.4, -0.2) is 34.4 Å². The molecule has 1 aliphatic carbocycles. The van der Waals surface area contributed by atoms with E-state index in [-0.39, 0.29) is 6.42 Å². The van der Waals surface area contributed by atoms with Gasteiger partial charge in [-0.1, -0.05) is 6.07 Å². The van der Waals surface area contributed by atoms with Gasteiger partial charge in [0.15, 0.2) is 12.2 Å². The minimum absolute atomic E-state index is 0.225. The zero-order valence-corrected chi connectivity index (χ0v) is 10.4. The fourth-order valence-electron chi connectivity index (χ4n) is 2.54. The van der Waals surface area contributed by atoms with E-state index in [1.807, 2.05) is 0 Å². The topological polar surface area (TPSA) is 119 Å². The van der Waals surface area contributed by atoms with Gasteiger partial charge in [-0.2, -0.15) is 0 Å². The van der Waals surface area contributed by atoms with Crippen molar-refractivity contribution in [2.24, 2.45) is 0 Å². The Hall–Kier alpha value is -2.12. The van der Waals surface area contributed by atoms with Crippen LogP contribution in [0.4, 0.5) is 5.69 Å². The minimum Gasteiger partial charge on any atom is -0.416 e. The summed E-state index contributed by atoms with van der Waals surface area (Å²) in [5, 5.41) is 19.0. The predicted molar refractivity (Wildman–Crippen MR) is 65.1 cm³/mol. The molecule has 4 N–H and O–H groups in total. The second-order valence-electron chi connectivity index (χ2n) is 4.90. The van der Waals surface area contributed by atoms with Crippen molar-refractivity contribution < 1.29 is 29.3 Å². The van der Waals surface area contributed by atoms with Crippen LogP contribution >= 0.6 is 0 Å². The van der Waals surface area contributed by atoms with E-state index in [0.717, 1.165) is 5.56 Å². The number of fused-ring (bicyclic) bond motifs is 2. The Morgan fingerprint density at radius 2 is 1.75 bits per heavy atom. The van der Waals surface area contributed by atoms with E-state index < -0.39 is 29.9 Å². The number of rotatable bonds is 0. The molecule has 0 aromatic heterocycles. The number of nitrogen functional groups attached to an aromatic ring is 1. The molecule has 0 amide bonds. The highest BCUT2D eigenvalue weighted by atomic mass is 16.7. The van der Waals surface area contributed by atoms with Crippen LogP contribution in [0.5, 0.6) is 0 Å². The highest BCUT2D eigenvalue weighted by Crippen LogP contribution is 2.43. The summed E-state index contributed by atoms with van der Waals surface area (Å²) in [4.78, 5) is 23.5. The van der Waals surface area contributed by atoms with Crippen molar-refractivity contribution in [3.63, 3.8) is 0 Å². The van der Waals surface area contributed by atoms with Crippen LogP contribution in [0.15, 0.2) is 18.2 Å². The van der Waals surface area contributed by atoms with Gasteiger partial charge >= 0.3 is 11.9 Å². The van der Waals surface area contributed by atoms with E-state index in [9.17, 15) is 19.8 Å². The van der Waals surface area contributed by atoms with Crippen molar-refractivity contribution in [3.05, 3.63) is 29.3 Å². The molecule has 2 aliphatic rings. The molecular formula is C13H13NO6. The molecule has 7 nitrogen and oxygen atoms in total. The van der Waals surface area contributed by atoms with E-state index in [2.05, 4.69) is 0 Å². The second-order valence-corrected chi connectivity index (χ2v) is 4.90. The molecule has 1 heterocycles. The summed E-state index contributed by atoms with van der Waals surface area (Å²) in [6.45, 7) is 0. The smallest absolute Gasteiger partial charge is 0.341 e. The maximum Gasteiger partial charge on any atom is 0.341 e. The SMILES string of the molecule is Nc1ccc2c(c1)C1(CC2)OC(=O)C(O)C(O)C(=O)O1. The maximum atomic E-state index is 11.7. The molecule has 1 spiro atoms. The van der Waals surface area contributed by atoms with Crippen molar-refractivity contribution in [2.75, 3.05) is 5.73 Å². The molecule has 2 unspecified atom stereocenters. The van der Waals surface area contributed by atoms with E-state index >= 15 is 0 Å². The van der Waals surface area contributed by atoms with Crippen molar-refractivity contribution >= 4 is 17.6 Å². The van der Waals surface area contributed by atoms with Gasteiger partial charge in [-0.15, -0.1) is 0 Å². The third kappa shape index (κ3) is 1.75. The first-order chi connectivity index (χ1) is 9.43. The number of aryl methyl sites for hydroxylation is 1. The van der Waals surface area contributed by atoms with Gasteiger partial charge in [0.2, 0.25) is 0 Å². The zero-order valence-electron chi connectivity index (χ0n) is 10.4. The van der Waals surface area contributed by atoms with Gasteiger partial charge in [-0.05, 0) is 24.1 Å². The largest absolute Gasteiger partial charge is 0.416 e. The van der Waals surface area contributed by atoms with E-state index in [4.69, 9.17) is 15.2 Å². The Kier molecular flexibility index (Phi) is 2.70. The Balaban J connectivity index is 2.08. The van der Waals surface area contributed by atoms with Crippen molar-refractivity contribution in [1.82, 2.24) is 0 Å². The first kappa shape index (κ1) is 12.9. The lowest BCUT2D eigenvalue weighted by Gasteiger charge is -2.27. The number of nitrogens with two attached hydrogens (primary N) is 1. The van der Waals surface area contributed by atoms with Gasteiger partial charge < -0.3 is 25.4 Å².